The third-order valence-corrected chi connectivity index (χ3v) is 7.32. The summed E-state index contributed by atoms with van der Waals surface area (Å²) in [7, 11) is 0.880. The smallest absolute Gasteiger partial charge is 0.140 e. The zero-order chi connectivity index (χ0) is 17.3. The van der Waals surface area contributed by atoms with Crippen LogP contribution in [0.25, 0.3) is 10.9 Å². The maximum absolute atomic E-state index is 12.6. The van der Waals surface area contributed by atoms with E-state index in [0.717, 1.165) is 54.2 Å². The van der Waals surface area contributed by atoms with Crippen LogP contribution in [0.4, 0.5) is 5.82 Å². The van der Waals surface area contributed by atoms with Crippen molar-refractivity contribution in [3.05, 3.63) is 24.0 Å². The molecule has 1 aliphatic rings. The van der Waals surface area contributed by atoms with Gasteiger partial charge in [0, 0.05) is 35.0 Å². The van der Waals surface area contributed by atoms with Gasteiger partial charge in [0.05, 0.1) is 17.4 Å². The predicted octanol–water partition coefficient (Wildman–Crippen LogP) is 3.07. The molecule has 3 rings (SSSR count). The number of fused-ring (bicyclic) bond motifs is 1. The van der Waals surface area contributed by atoms with E-state index >= 15 is 0 Å². The van der Waals surface area contributed by atoms with Gasteiger partial charge in [-0.2, -0.15) is 0 Å². The summed E-state index contributed by atoms with van der Waals surface area (Å²) in [6.07, 6.45) is 1.83. The lowest BCUT2D eigenvalue weighted by Crippen LogP contribution is -2.53. The number of hydrogen-bond donors (Lipinski definition) is 0. The molecule has 0 N–H and O–H groups in total. The van der Waals surface area contributed by atoms with Gasteiger partial charge in [-0.05, 0) is 38.0 Å². The maximum atomic E-state index is 12.6. The van der Waals surface area contributed by atoms with Crippen molar-refractivity contribution in [2.45, 2.75) is 38.4 Å². The Bertz CT molecular complexity index is 774. The van der Waals surface area contributed by atoms with Crippen LogP contribution in [0.5, 0.6) is 5.75 Å². The van der Waals surface area contributed by atoms with Crippen molar-refractivity contribution in [3.8, 4) is 5.75 Å². The number of aromatic nitrogens is 2. The number of ether oxygens (including phenoxy) is 1. The molecule has 0 amide bonds. The second-order valence-electron chi connectivity index (χ2n) is 6.34. The van der Waals surface area contributed by atoms with E-state index in [4.69, 9.17) is 9.72 Å². The molecule has 2 heterocycles. The third-order valence-electron chi connectivity index (χ3n) is 5.09. The van der Waals surface area contributed by atoms with Crippen molar-refractivity contribution in [2.75, 3.05) is 30.9 Å². The molecule has 130 valence electrons. The van der Waals surface area contributed by atoms with E-state index in [2.05, 4.69) is 23.7 Å². The molecule has 1 aliphatic heterocycles. The summed E-state index contributed by atoms with van der Waals surface area (Å²) in [5.41, 5.74) is 0.920. The monoisotopic (exact) mass is 347 g/mol. The summed E-state index contributed by atoms with van der Waals surface area (Å²) in [4.78, 5) is 11.5. The van der Waals surface area contributed by atoms with Crippen LogP contribution in [0.15, 0.2) is 18.2 Å². The maximum Gasteiger partial charge on any atom is 0.140 e. The van der Waals surface area contributed by atoms with Crippen LogP contribution in [0.3, 0.4) is 0 Å². The quantitative estimate of drug-likeness (QED) is 0.851. The van der Waals surface area contributed by atoms with E-state index in [0.29, 0.717) is 5.75 Å². The number of aryl methyl sites for hydroxylation is 1. The van der Waals surface area contributed by atoms with Crippen molar-refractivity contribution in [2.24, 2.45) is 0 Å². The number of hydrogen-bond acceptors (Lipinski definition) is 5. The van der Waals surface area contributed by atoms with Crippen LogP contribution >= 0.6 is 0 Å². The van der Waals surface area contributed by atoms with E-state index in [1.54, 1.807) is 7.11 Å². The molecule has 0 saturated carbocycles. The van der Waals surface area contributed by atoms with Crippen LogP contribution in [-0.2, 0) is 10.8 Å². The molecule has 1 atom stereocenters. The number of anilines is 1. The van der Waals surface area contributed by atoms with Gasteiger partial charge in [0.1, 0.15) is 17.4 Å². The minimum Gasteiger partial charge on any atom is -0.497 e. The molecule has 1 aromatic carbocycles. The molecule has 5 nitrogen and oxygen atoms in total. The van der Waals surface area contributed by atoms with Gasteiger partial charge in [-0.25, -0.2) is 9.97 Å². The fourth-order valence-electron chi connectivity index (χ4n) is 3.46. The molecule has 1 unspecified atom stereocenters. The number of benzene rings is 1. The molecule has 1 fully saturated rings. The normalized spacial score (nSPS) is 20.3. The first-order valence-electron chi connectivity index (χ1n) is 8.49. The molecule has 0 aliphatic carbocycles. The minimum atomic E-state index is -0.786. The Kier molecular flexibility index (Phi) is 4.76. The van der Waals surface area contributed by atoms with Crippen LogP contribution in [0.2, 0.25) is 0 Å². The summed E-state index contributed by atoms with van der Waals surface area (Å²) in [5, 5.41) is 0.994. The highest BCUT2D eigenvalue weighted by Gasteiger charge is 2.39. The molecule has 0 spiro atoms. The van der Waals surface area contributed by atoms with Crippen LogP contribution < -0.4 is 9.64 Å². The topological polar surface area (TPSA) is 55.3 Å². The Labute approximate surface area is 145 Å². The second kappa shape index (κ2) is 6.67. The Morgan fingerprint density at radius 1 is 1.29 bits per heavy atom. The highest BCUT2D eigenvalue weighted by Crippen LogP contribution is 2.34. The Hall–Kier alpha value is -1.69. The van der Waals surface area contributed by atoms with Gasteiger partial charge in [-0.1, -0.05) is 13.8 Å². The standard InChI is InChI=1S/C18H25N3O2S/c1-5-18(6-2)12-21(9-10-24(18)22)17-15-11-14(23-4)7-8-16(15)19-13(3)20-17/h7-8,11H,5-6,9-10,12H2,1-4H3. The van der Waals surface area contributed by atoms with Crippen LogP contribution in [-0.4, -0.2) is 44.9 Å². The first-order valence-corrected chi connectivity index (χ1v) is 9.80. The minimum absolute atomic E-state index is 0.151. The molecule has 1 saturated heterocycles. The zero-order valence-corrected chi connectivity index (χ0v) is 15.7. The first-order chi connectivity index (χ1) is 11.5. The average Bonchev–Trinajstić information content (AvgIpc) is 2.61. The van der Waals surface area contributed by atoms with Gasteiger partial charge < -0.3 is 9.64 Å². The fraction of sp³-hybridized carbons (Fsp3) is 0.556. The lowest BCUT2D eigenvalue weighted by atomic mass is 10.0. The summed E-state index contributed by atoms with van der Waals surface area (Å²) >= 11 is 0. The van der Waals surface area contributed by atoms with E-state index in [-0.39, 0.29) is 4.75 Å². The molecular formula is C18H25N3O2S. The third kappa shape index (κ3) is 2.88. The summed E-state index contributed by atoms with van der Waals surface area (Å²) < 4.78 is 17.8. The van der Waals surface area contributed by atoms with Gasteiger partial charge >= 0.3 is 0 Å². The number of nitrogens with zero attached hydrogens (tertiary/aromatic N) is 3. The molecule has 1 aromatic heterocycles. The number of methoxy groups -OCH3 is 1. The number of rotatable bonds is 4. The molecule has 24 heavy (non-hydrogen) atoms. The van der Waals surface area contributed by atoms with E-state index in [1.807, 2.05) is 25.1 Å². The van der Waals surface area contributed by atoms with Crippen molar-refractivity contribution in [1.82, 2.24) is 9.97 Å². The average molecular weight is 347 g/mol. The Morgan fingerprint density at radius 3 is 2.71 bits per heavy atom. The summed E-state index contributed by atoms with van der Waals surface area (Å²) in [6, 6.07) is 5.89. The van der Waals surface area contributed by atoms with Gasteiger partial charge in [0.25, 0.3) is 0 Å². The van der Waals surface area contributed by atoms with Gasteiger partial charge in [-0.15, -0.1) is 0 Å². The Balaban J connectivity index is 2.09. The van der Waals surface area contributed by atoms with Crippen LogP contribution in [0, 0.1) is 6.92 Å². The molecule has 2 aromatic rings. The van der Waals surface area contributed by atoms with Crippen LogP contribution in [0.1, 0.15) is 32.5 Å². The van der Waals surface area contributed by atoms with Crippen molar-refractivity contribution < 1.29 is 8.95 Å². The van der Waals surface area contributed by atoms with Crippen molar-refractivity contribution in [3.63, 3.8) is 0 Å². The molecule has 0 radical (unpaired) electrons. The predicted molar refractivity (Wildman–Crippen MR) is 99.4 cm³/mol. The second-order valence-corrected chi connectivity index (χ2v) is 8.30. The SMILES string of the molecule is CCC1(CC)CN(c2nc(C)nc3ccc(OC)cc23)CCS1=O. The lowest BCUT2D eigenvalue weighted by molar-refractivity contribution is 0.415. The van der Waals surface area contributed by atoms with Gasteiger partial charge in [0.2, 0.25) is 0 Å². The Morgan fingerprint density at radius 2 is 2.04 bits per heavy atom. The van der Waals surface area contributed by atoms with Crippen molar-refractivity contribution >= 4 is 27.5 Å². The van der Waals surface area contributed by atoms with E-state index in [9.17, 15) is 4.21 Å². The molecule has 6 heteroatoms. The van der Waals surface area contributed by atoms with E-state index < -0.39 is 10.8 Å². The zero-order valence-electron chi connectivity index (χ0n) is 14.8. The highest BCUT2D eigenvalue weighted by atomic mass is 32.2. The summed E-state index contributed by atoms with van der Waals surface area (Å²) in [5.74, 6) is 3.18. The largest absolute Gasteiger partial charge is 0.497 e. The summed E-state index contributed by atoms with van der Waals surface area (Å²) in [6.45, 7) is 7.73. The molecular weight excluding hydrogens is 322 g/mol. The fourth-order valence-corrected chi connectivity index (χ4v) is 5.22. The van der Waals surface area contributed by atoms with Crippen molar-refractivity contribution in [1.29, 1.82) is 0 Å². The van der Waals surface area contributed by atoms with Gasteiger partial charge in [0.15, 0.2) is 0 Å². The molecule has 0 bridgehead atoms. The van der Waals surface area contributed by atoms with E-state index in [1.165, 1.54) is 0 Å². The highest BCUT2D eigenvalue weighted by molar-refractivity contribution is 7.86. The van der Waals surface area contributed by atoms with Gasteiger partial charge in [-0.3, -0.25) is 4.21 Å². The lowest BCUT2D eigenvalue weighted by Gasteiger charge is -2.42. The first kappa shape index (κ1) is 17.1.